The number of methoxy groups -OCH3 is 1. The van der Waals surface area contributed by atoms with Crippen LogP contribution in [0.25, 0.3) is 0 Å². The van der Waals surface area contributed by atoms with Gasteiger partial charge in [0.25, 0.3) is 0 Å². The number of ether oxygens (including phenoxy) is 2. The number of rotatable bonds is 4. The van der Waals surface area contributed by atoms with Crippen molar-refractivity contribution in [3.63, 3.8) is 0 Å². The van der Waals surface area contributed by atoms with E-state index in [1.807, 2.05) is 0 Å². The number of hydrogen-bond acceptors (Lipinski definition) is 3. The maximum Gasteiger partial charge on any atom is 0.0671 e. The molecule has 0 aromatic carbocycles. The fourth-order valence-corrected chi connectivity index (χ4v) is 1.79. The average Bonchev–Trinajstić information content (AvgIpc) is 2.31. The van der Waals surface area contributed by atoms with Gasteiger partial charge in [0, 0.05) is 26.9 Å². The summed E-state index contributed by atoms with van der Waals surface area (Å²) in [5.74, 6) is 0. The van der Waals surface area contributed by atoms with Crippen LogP contribution < -0.4 is 0 Å². The Balaban J connectivity index is 2.25. The van der Waals surface area contributed by atoms with Crippen LogP contribution >= 0.6 is 0 Å². The lowest BCUT2D eigenvalue weighted by molar-refractivity contribution is 0.00363. The van der Waals surface area contributed by atoms with Crippen LogP contribution in [-0.2, 0) is 9.47 Å². The molecule has 1 rings (SSSR count). The van der Waals surface area contributed by atoms with Crippen molar-refractivity contribution in [2.24, 2.45) is 0 Å². The highest BCUT2D eigenvalue weighted by atomic mass is 16.5. The Morgan fingerprint density at radius 3 is 3.00 bits per heavy atom. The summed E-state index contributed by atoms with van der Waals surface area (Å²) in [6.45, 7) is 2.24. The van der Waals surface area contributed by atoms with Crippen LogP contribution in [0.5, 0.6) is 0 Å². The minimum atomic E-state index is -0.491. The normalized spacial score (nSPS) is 30.0. The van der Waals surface area contributed by atoms with Gasteiger partial charge in [-0.3, -0.25) is 0 Å². The van der Waals surface area contributed by atoms with E-state index in [0.29, 0.717) is 6.61 Å². The van der Waals surface area contributed by atoms with Crippen molar-refractivity contribution in [3.05, 3.63) is 0 Å². The molecular weight excluding hydrogens is 168 g/mol. The quantitative estimate of drug-likeness (QED) is 0.677. The molecule has 78 valence electrons. The fourth-order valence-electron chi connectivity index (χ4n) is 1.79. The second-order valence-corrected chi connectivity index (χ2v) is 3.79. The average molecular weight is 188 g/mol. The van der Waals surface area contributed by atoms with Gasteiger partial charge in [-0.2, -0.15) is 0 Å². The summed E-state index contributed by atoms with van der Waals surface area (Å²) in [5, 5.41) is 10.1. The molecule has 1 aliphatic rings. The van der Waals surface area contributed by atoms with E-state index in [4.69, 9.17) is 9.47 Å². The van der Waals surface area contributed by atoms with Gasteiger partial charge in [-0.05, 0) is 32.1 Å². The first-order valence-electron chi connectivity index (χ1n) is 5.06. The smallest absolute Gasteiger partial charge is 0.0671 e. The van der Waals surface area contributed by atoms with E-state index >= 15 is 0 Å². The Hall–Kier alpha value is -0.120. The standard InChI is InChI=1S/C10H20O3/c1-12-7-2-4-10(11)5-3-8-13-9-6-10/h11H,2-9H2,1H3. The fraction of sp³-hybridized carbons (Fsp3) is 1.00. The molecule has 0 aromatic rings. The third-order valence-corrected chi connectivity index (χ3v) is 2.63. The van der Waals surface area contributed by atoms with E-state index in [0.717, 1.165) is 45.3 Å². The maximum absolute atomic E-state index is 10.1. The molecule has 3 heteroatoms. The largest absolute Gasteiger partial charge is 0.390 e. The second kappa shape index (κ2) is 5.58. The summed E-state index contributed by atoms with van der Waals surface area (Å²) in [6, 6.07) is 0. The highest BCUT2D eigenvalue weighted by molar-refractivity contribution is 4.79. The van der Waals surface area contributed by atoms with Crippen molar-refractivity contribution < 1.29 is 14.6 Å². The Morgan fingerprint density at radius 2 is 2.23 bits per heavy atom. The zero-order chi connectivity index (χ0) is 9.57. The first kappa shape index (κ1) is 11.0. The molecule has 1 unspecified atom stereocenters. The zero-order valence-electron chi connectivity index (χ0n) is 8.42. The highest BCUT2D eigenvalue weighted by Gasteiger charge is 2.27. The molecular formula is C10H20O3. The SMILES string of the molecule is COCCCC1(O)CCCOCC1. The van der Waals surface area contributed by atoms with E-state index in [-0.39, 0.29) is 0 Å². The van der Waals surface area contributed by atoms with Gasteiger partial charge in [0.15, 0.2) is 0 Å². The van der Waals surface area contributed by atoms with Crippen molar-refractivity contribution in [2.45, 2.75) is 37.7 Å². The van der Waals surface area contributed by atoms with Crippen molar-refractivity contribution in [3.8, 4) is 0 Å². The lowest BCUT2D eigenvalue weighted by Crippen LogP contribution is -2.29. The molecule has 0 bridgehead atoms. The van der Waals surface area contributed by atoms with Gasteiger partial charge in [0.05, 0.1) is 5.60 Å². The topological polar surface area (TPSA) is 38.7 Å². The van der Waals surface area contributed by atoms with Gasteiger partial charge in [-0.15, -0.1) is 0 Å². The van der Waals surface area contributed by atoms with Crippen LogP contribution in [0.15, 0.2) is 0 Å². The maximum atomic E-state index is 10.1. The molecule has 1 heterocycles. The van der Waals surface area contributed by atoms with Crippen molar-refractivity contribution >= 4 is 0 Å². The zero-order valence-corrected chi connectivity index (χ0v) is 8.42. The van der Waals surface area contributed by atoms with E-state index < -0.39 is 5.60 Å². The summed E-state index contributed by atoms with van der Waals surface area (Å²) in [7, 11) is 1.69. The molecule has 0 spiro atoms. The van der Waals surface area contributed by atoms with Crippen LogP contribution in [-0.4, -0.2) is 37.6 Å². The molecule has 3 nitrogen and oxygen atoms in total. The van der Waals surface area contributed by atoms with E-state index in [2.05, 4.69) is 0 Å². The number of aliphatic hydroxyl groups is 1. The minimum Gasteiger partial charge on any atom is -0.390 e. The van der Waals surface area contributed by atoms with Gasteiger partial charge in [-0.25, -0.2) is 0 Å². The van der Waals surface area contributed by atoms with Crippen LogP contribution in [0.1, 0.15) is 32.1 Å². The molecule has 0 saturated carbocycles. The second-order valence-electron chi connectivity index (χ2n) is 3.79. The number of hydrogen-bond donors (Lipinski definition) is 1. The summed E-state index contributed by atoms with van der Waals surface area (Å²) in [4.78, 5) is 0. The molecule has 1 fully saturated rings. The molecule has 1 saturated heterocycles. The minimum absolute atomic E-state index is 0.491. The first-order valence-corrected chi connectivity index (χ1v) is 5.06. The highest BCUT2D eigenvalue weighted by Crippen LogP contribution is 2.25. The lowest BCUT2D eigenvalue weighted by atomic mass is 9.90. The third-order valence-electron chi connectivity index (χ3n) is 2.63. The van der Waals surface area contributed by atoms with Crippen LogP contribution in [0, 0.1) is 0 Å². The van der Waals surface area contributed by atoms with Crippen molar-refractivity contribution in [1.29, 1.82) is 0 Å². The molecule has 1 aliphatic heterocycles. The molecule has 1 N–H and O–H groups in total. The summed E-state index contributed by atoms with van der Waals surface area (Å²) < 4.78 is 10.3. The van der Waals surface area contributed by atoms with Crippen molar-refractivity contribution in [1.82, 2.24) is 0 Å². The Kier molecular flexibility index (Phi) is 4.70. The Morgan fingerprint density at radius 1 is 1.38 bits per heavy atom. The van der Waals surface area contributed by atoms with E-state index in [9.17, 15) is 5.11 Å². The molecule has 13 heavy (non-hydrogen) atoms. The molecule has 0 amide bonds. The van der Waals surface area contributed by atoms with Crippen molar-refractivity contribution in [2.75, 3.05) is 26.9 Å². The Bertz CT molecular complexity index is 128. The third kappa shape index (κ3) is 4.07. The van der Waals surface area contributed by atoms with Crippen LogP contribution in [0.2, 0.25) is 0 Å². The summed E-state index contributed by atoms with van der Waals surface area (Å²) in [5.41, 5.74) is -0.491. The summed E-state index contributed by atoms with van der Waals surface area (Å²) >= 11 is 0. The van der Waals surface area contributed by atoms with Gasteiger partial charge in [0.1, 0.15) is 0 Å². The monoisotopic (exact) mass is 188 g/mol. The van der Waals surface area contributed by atoms with Gasteiger partial charge < -0.3 is 14.6 Å². The lowest BCUT2D eigenvalue weighted by Gasteiger charge is -2.25. The van der Waals surface area contributed by atoms with Gasteiger partial charge in [-0.1, -0.05) is 0 Å². The predicted molar refractivity (Wildman–Crippen MR) is 50.7 cm³/mol. The molecule has 1 atom stereocenters. The first-order chi connectivity index (χ1) is 6.27. The Labute approximate surface area is 80.0 Å². The molecule has 0 aliphatic carbocycles. The summed E-state index contributed by atoms with van der Waals surface area (Å²) in [6.07, 6.45) is 4.40. The predicted octanol–water partition coefficient (Wildman–Crippen LogP) is 1.34. The van der Waals surface area contributed by atoms with Gasteiger partial charge >= 0.3 is 0 Å². The van der Waals surface area contributed by atoms with Crippen LogP contribution in [0.3, 0.4) is 0 Å². The molecule has 0 aromatic heterocycles. The van der Waals surface area contributed by atoms with Gasteiger partial charge in [0.2, 0.25) is 0 Å². The van der Waals surface area contributed by atoms with E-state index in [1.165, 1.54) is 0 Å². The molecule has 0 radical (unpaired) electrons. The van der Waals surface area contributed by atoms with E-state index in [1.54, 1.807) is 7.11 Å². The van der Waals surface area contributed by atoms with Crippen LogP contribution in [0.4, 0.5) is 0 Å².